The van der Waals surface area contributed by atoms with E-state index in [1.54, 1.807) is 17.6 Å². The first kappa shape index (κ1) is 18.1. The number of hydrogen-bond acceptors (Lipinski definition) is 5. The number of alkyl halides is 3. The summed E-state index contributed by atoms with van der Waals surface area (Å²) in [4.78, 5) is 28.3. The number of aromatic nitrogens is 3. The summed E-state index contributed by atoms with van der Waals surface area (Å²) in [5.41, 5.74) is -0.351. The number of anilines is 1. The summed E-state index contributed by atoms with van der Waals surface area (Å²) >= 11 is 4.86. The Morgan fingerprint density at radius 1 is 1.41 bits per heavy atom. The van der Waals surface area contributed by atoms with Gasteiger partial charge in [-0.2, -0.15) is 8.78 Å². The van der Waals surface area contributed by atoms with Gasteiger partial charge in [-0.15, -0.1) is 22.0 Å². The average molecular weight is 456 g/mol. The first-order chi connectivity index (χ1) is 12.8. The Balaban J connectivity index is 1.52. The van der Waals surface area contributed by atoms with Crippen LogP contribution in [-0.2, 0) is 19.8 Å². The highest BCUT2D eigenvalue weighted by Gasteiger charge is 2.53. The molecule has 2 aliphatic rings. The van der Waals surface area contributed by atoms with E-state index in [9.17, 15) is 18.4 Å². The fourth-order valence-electron chi connectivity index (χ4n) is 3.00. The summed E-state index contributed by atoms with van der Waals surface area (Å²) in [5, 5.41) is 11.7. The van der Waals surface area contributed by atoms with Crippen LogP contribution in [0.25, 0.3) is 0 Å². The van der Waals surface area contributed by atoms with E-state index in [0.29, 0.717) is 5.82 Å². The molecule has 2 aliphatic heterocycles. The molecule has 0 bridgehead atoms. The van der Waals surface area contributed by atoms with E-state index in [1.807, 2.05) is 0 Å². The lowest BCUT2D eigenvalue weighted by molar-refractivity contribution is -0.142. The molecule has 1 aromatic carbocycles. The summed E-state index contributed by atoms with van der Waals surface area (Å²) in [6, 6.07) is 5.56. The maximum atomic E-state index is 14.2. The van der Waals surface area contributed by atoms with Crippen LogP contribution in [0.2, 0.25) is 0 Å². The van der Waals surface area contributed by atoms with Gasteiger partial charge in [0.1, 0.15) is 22.6 Å². The number of H-pyrrole nitrogens is 1. The van der Waals surface area contributed by atoms with E-state index in [2.05, 4.69) is 36.4 Å². The molecule has 2 atom stereocenters. The van der Waals surface area contributed by atoms with Crippen molar-refractivity contribution in [2.45, 2.75) is 15.6 Å². The molecule has 3 heterocycles. The third-order valence-corrected chi connectivity index (χ3v) is 6.78. The van der Waals surface area contributed by atoms with Crippen LogP contribution < -0.4 is 10.2 Å². The number of benzene rings is 1. The van der Waals surface area contributed by atoms with E-state index in [4.69, 9.17) is 0 Å². The van der Waals surface area contributed by atoms with E-state index in [1.165, 1.54) is 36.3 Å². The lowest BCUT2D eigenvalue weighted by Crippen LogP contribution is -2.48. The van der Waals surface area contributed by atoms with Gasteiger partial charge in [0, 0.05) is 0 Å². The highest BCUT2D eigenvalue weighted by atomic mass is 79.9. The van der Waals surface area contributed by atoms with Crippen molar-refractivity contribution in [1.82, 2.24) is 20.5 Å². The fraction of sp³-hybridized carbons (Fsp3) is 0.250. The molecule has 27 heavy (non-hydrogen) atoms. The third kappa shape index (κ3) is 2.85. The molecule has 2 amide bonds. The zero-order valence-electron chi connectivity index (χ0n) is 13.5. The predicted octanol–water partition coefficient (Wildman–Crippen LogP) is 2.24. The molecule has 4 rings (SSSR count). The molecule has 11 heteroatoms. The summed E-state index contributed by atoms with van der Waals surface area (Å²) in [6.45, 7) is -0.512. The van der Waals surface area contributed by atoms with E-state index < -0.39 is 39.5 Å². The number of halogens is 3. The molecule has 1 aromatic heterocycles. The van der Waals surface area contributed by atoms with Crippen LogP contribution in [0, 0.1) is 0 Å². The minimum Gasteiger partial charge on any atom is -0.340 e. The van der Waals surface area contributed by atoms with Crippen LogP contribution >= 0.6 is 27.7 Å². The van der Waals surface area contributed by atoms with Crippen LogP contribution in [0.4, 0.5) is 14.5 Å². The Hall–Kier alpha value is -2.27. The standard InChI is InChI=1S/C16H12BrF2N5O2S/c17-15(12-20-8-21-23-12)5-6-27-13(15)22-11(25)7-24-10-4-2-1-3-9(10)16(18,19)14(24)26/h1-6,8,13H,7H2,(H,22,25)(H,20,21,23). The summed E-state index contributed by atoms with van der Waals surface area (Å²) in [7, 11) is 0. The number of hydrogen-bond donors (Lipinski definition) is 2. The lowest BCUT2D eigenvalue weighted by atomic mass is 10.1. The maximum Gasteiger partial charge on any atom is 0.352 e. The number of rotatable bonds is 4. The number of carbonyl (C=O) groups is 2. The van der Waals surface area contributed by atoms with Crippen LogP contribution in [0.1, 0.15) is 11.4 Å². The van der Waals surface area contributed by atoms with Crippen molar-refractivity contribution in [3.8, 4) is 0 Å². The molecule has 2 unspecified atom stereocenters. The van der Waals surface area contributed by atoms with Crippen molar-refractivity contribution in [2.75, 3.05) is 11.4 Å². The molecule has 2 N–H and O–H groups in total. The van der Waals surface area contributed by atoms with Crippen LogP contribution in [0.3, 0.4) is 0 Å². The number of fused-ring (bicyclic) bond motifs is 1. The van der Waals surface area contributed by atoms with Crippen molar-refractivity contribution in [3.05, 3.63) is 53.5 Å². The van der Waals surface area contributed by atoms with Gasteiger partial charge < -0.3 is 10.3 Å². The second kappa shape index (κ2) is 6.41. The van der Waals surface area contributed by atoms with Gasteiger partial charge in [-0.05, 0) is 11.5 Å². The number of amides is 2. The predicted molar refractivity (Wildman–Crippen MR) is 98.3 cm³/mol. The number of nitrogens with one attached hydrogen (secondary N) is 2. The fourth-order valence-corrected chi connectivity index (χ4v) is 4.98. The van der Waals surface area contributed by atoms with E-state index in [-0.39, 0.29) is 5.69 Å². The maximum absolute atomic E-state index is 14.2. The van der Waals surface area contributed by atoms with Crippen molar-refractivity contribution in [3.63, 3.8) is 0 Å². The molecule has 0 fully saturated rings. The zero-order chi connectivity index (χ0) is 19.2. The number of nitrogens with zero attached hydrogens (tertiary/aromatic N) is 3. The van der Waals surface area contributed by atoms with E-state index >= 15 is 0 Å². The molecule has 0 saturated carbocycles. The highest BCUT2D eigenvalue weighted by Crippen LogP contribution is 2.46. The van der Waals surface area contributed by atoms with Crippen molar-refractivity contribution in [1.29, 1.82) is 0 Å². The second-order valence-corrected chi connectivity index (χ2v) is 8.30. The Morgan fingerprint density at radius 2 is 2.19 bits per heavy atom. The summed E-state index contributed by atoms with van der Waals surface area (Å²) < 4.78 is 27.5. The number of carbonyl (C=O) groups excluding carboxylic acids is 2. The Labute approximate surface area is 164 Å². The molecule has 140 valence electrons. The summed E-state index contributed by atoms with van der Waals surface area (Å²) in [5.74, 6) is -5.13. The minimum atomic E-state index is -3.64. The smallest absolute Gasteiger partial charge is 0.340 e. The molecular weight excluding hydrogens is 444 g/mol. The Kier molecular flexibility index (Phi) is 4.30. The van der Waals surface area contributed by atoms with Gasteiger partial charge in [0.2, 0.25) is 5.91 Å². The Morgan fingerprint density at radius 3 is 2.93 bits per heavy atom. The van der Waals surface area contributed by atoms with Gasteiger partial charge in [-0.3, -0.25) is 14.5 Å². The van der Waals surface area contributed by atoms with Gasteiger partial charge in [0.25, 0.3) is 0 Å². The average Bonchev–Trinajstić information content (AvgIpc) is 3.34. The molecule has 0 saturated heterocycles. The van der Waals surface area contributed by atoms with Crippen LogP contribution in [0.5, 0.6) is 0 Å². The van der Waals surface area contributed by atoms with Crippen molar-refractivity contribution >= 4 is 45.2 Å². The topological polar surface area (TPSA) is 91.0 Å². The van der Waals surface area contributed by atoms with Crippen molar-refractivity contribution in [2.24, 2.45) is 0 Å². The molecule has 0 spiro atoms. The number of thioether (sulfide) groups is 1. The lowest BCUT2D eigenvalue weighted by Gasteiger charge is -2.27. The van der Waals surface area contributed by atoms with Gasteiger partial charge >= 0.3 is 11.8 Å². The first-order valence-electron chi connectivity index (χ1n) is 7.81. The zero-order valence-corrected chi connectivity index (χ0v) is 15.9. The van der Waals surface area contributed by atoms with Gasteiger partial charge in [0.05, 0.1) is 11.3 Å². The number of para-hydroxylation sites is 1. The van der Waals surface area contributed by atoms with E-state index in [0.717, 1.165) is 4.90 Å². The Bertz CT molecular complexity index is 939. The SMILES string of the molecule is O=C(CN1C(=O)C(F)(F)c2ccccc21)NC1SC=CC1(Br)c1nnc[nH]1. The number of aromatic amines is 1. The van der Waals surface area contributed by atoms with Crippen molar-refractivity contribution < 1.29 is 18.4 Å². The van der Waals surface area contributed by atoms with Crippen LogP contribution in [-0.4, -0.2) is 38.9 Å². The van der Waals surface area contributed by atoms with Gasteiger partial charge in [-0.25, -0.2) is 0 Å². The molecule has 2 aromatic rings. The van der Waals surface area contributed by atoms with Gasteiger partial charge in [-0.1, -0.05) is 40.2 Å². The largest absolute Gasteiger partial charge is 0.352 e. The molecule has 0 aliphatic carbocycles. The third-order valence-electron chi connectivity index (χ3n) is 4.33. The first-order valence-corrected chi connectivity index (χ1v) is 9.55. The van der Waals surface area contributed by atoms with Crippen LogP contribution in [0.15, 0.2) is 42.1 Å². The molecule has 0 radical (unpaired) electrons. The molecular formula is C16H12BrF2N5O2S. The second-order valence-electron chi connectivity index (χ2n) is 5.97. The minimum absolute atomic E-state index is 0.0418. The quantitative estimate of drug-likeness (QED) is 0.689. The normalized spacial score (nSPS) is 25.7. The monoisotopic (exact) mass is 455 g/mol. The van der Waals surface area contributed by atoms with Gasteiger partial charge in [0.15, 0.2) is 5.82 Å². The summed E-state index contributed by atoms with van der Waals surface area (Å²) in [6.07, 6.45) is 3.21. The molecule has 7 nitrogen and oxygen atoms in total. The highest BCUT2D eigenvalue weighted by molar-refractivity contribution is 9.10.